The first-order chi connectivity index (χ1) is 20.2. The second-order valence-electron chi connectivity index (χ2n) is 11.2. The summed E-state index contributed by atoms with van der Waals surface area (Å²) in [5.74, 6) is -1.02. The number of hydrogen-bond donors (Lipinski definition) is 3. The lowest BCUT2D eigenvalue weighted by Crippen LogP contribution is -2.29. The van der Waals surface area contributed by atoms with Gasteiger partial charge < -0.3 is 24.6 Å². The van der Waals surface area contributed by atoms with Gasteiger partial charge in [-0.1, -0.05) is 129 Å². The number of aliphatic hydroxyl groups excluding tert-OH is 2. The van der Waals surface area contributed by atoms with Crippen LogP contribution >= 0.6 is 7.82 Å². The standard InChI is InChI=1S/C31H61O10P/c1-3-5-6-7-8-9-10-11-12-13-14-15-16-17-18-19-20-21-22-23-31(35)41-29(26-38-30(34)4-2)27-40-42(36,37)39-25-28(33)24-32/h28-29,32-33H,3-27H2,1-2H3,(H,36,37). The average Bonchev–Trinajstić information content (AvgIpc) is 2.98. The van der Waals surface area contributed by atoms with Gasteiger partial charge in [-0.3, -0.25) is 18.6 Å². The van der Waals surface area contributed by atoms with E-state index in [2.05, 4.69) is 11.4 Å². The Morgan fingerprint density at radius 1 is 0.643 bits per heavy atom. The van der Waals surface area contributed by atoms with Crippen LogP contribution in [-0.2, 0) is 32.7 Å². The molecule has 0 aromatic heterocycles. The Labute approximate surface area is 254 Å². The van der Waals surface area contributed by atoms with Crippen LogP contribution in [0.25, 0.3) is 0 Å². The van der Waals surface area contributed by atoms with Crippen LogP contribution in [0.4, 0.5) is 0 Å². The molecule has 250 valence electrons. The van der Waals surface area contributed by atoms with E-state index in [1.165, 1.54) is 96.3 Å². The quantitative estimate of drug-likeness (QED) is 0.0412. The van der Waals surface area contributed by atoms with Crippen molar-refractivity contribution in [3.05, 3.63) is 0 Å². The highest BCUT2D eigenvalue weighted by Crippen LogP contribution is 2.43. The van der Waals surface area contributed by atoms with Crippen molar-refractivity contribution in [1.29, 1.82) is 0 Å². The number of hydrogen-bond acceptors (Lipinski definition) is 9. The smallest absolute Gasteiger partial charge is 0.462 e. The molecule has 0 aliphatic rings. The summed E-state index contributed by atoms with van der Waals surface area (Å²) in [6.45, 7) is 1.76. The van der Waals surface area contributed by atoms with E-state index in [9.17, 15) is 24.2 Å². The number of carbonyl (C=O) groups is 2. The number of ether oxygens (including phenoxy) is 2. The lowest BCUT2D eigenvalue weighted by Gasteiger charge is -2.20. The highest BCUT2D eigenvalue weighted by molar-refractivity contribution is 7.47. The maximum atomic E-state index is 12.3. The van der Waals surface area contributed by atoms with E-state index in [-0.39, 0.29) is 19.4 Å². The average molecular weight is 625 g/mol. The summed E-state index contributed by atoms with van der Waals surface area (Å²) < 4.78 is 31.7. The summed E-state index contributed by atoms with van der Waals surface area (Å²) in [6.07, 6.45) is 22.0. The van der Waals surface area contributed by atoms with Gasteiger partial charge in [-0.15, -0.1) is 0 Å². The minimum atomic E-state index is -4.57. The predicted octanol–water partition coefficient (Wildman–Crippen LogP) is 7.16. The lowest BCUT2D eigenvalue weighted by molar-refractivity contribution is -0.161. The van der Waals surface area contributed by atoms with E-state index in [0.29, 0.717) is 6.42 Å². The van der Waals surface area contributed by atoms with Crippen molar-refractivity contribution in [3.63, 3.8) is 0 Å². The van der Waals surface area contributed by atoms with Crippen LogP contribution < -0.4 is 0 Å². The van der Waals surface area contributed by atoms with E-state index in [1.807, 2.05) is 0 Å². The molecule has 10 nitrogen and oxygen atoms in total. The summed E-state index contributed by atoms with van der Waals surface area (Å²) in [5.41, 5.74) is 0. The van der Waals surface area contributed by atoms with Crippen LogP contribution in [0.2, 0.25) is 0 Å². The minimum absolute atomic E-state index is 0.127. The van der Waals surface area contributed by atoms with Gasteiger partial charge in [-0.2, -0.15) is 0 Å². The second kappa shape index (κ2) is 28.7. The topological polar surface area (TPSA) is 149 Å². The second-order valence-corrected chi connectivity index (χ2v) is 12.6. The SMILES string of the molecule is CCCCCCCCCCCCCCCCCCCCCC(=O)OC(COC(=O)CC)COP(=O)(O)OCC(O)CO. The molecule has 0 aliphatic heterocycles. The zero-order chi connectivity index (χ0) is 31.3. The molecule has 0 bridgehead atoms. The summed E-state index contributed by atoms with van der Waals surface area (Å²) in [6, 6.07) is 0. The molecule has 0 aromatic rings. The number of carbonyl (C=O) groups excluding carboxylic acids is 2. The zero-order valence-corrected chi connectivity index (χ0v) is 27.4. The molecule has 3 N–H and O–H groups in total. The van der Waals surface area contributed by atoms with Crippen molar-refractivity contribution < 1.29 is 47.8 Å². The van der Waals surface area contributed by atoms with Crippen molar-refractivity contribution in [2.45, 2.75) is 161 Å². The molecule has 0 heterocycles. The Morgan fingerprint density at radius 2 is 1.07 bits per heavy atom. The number of aliphatic hydroxyl groups is 2. The fourth-order valence-electron chi connectivity index (χ4n) is 4.44. The Hall–Kier alpha value is -1.03. The number of esters is 2. The van der Waals surface area contributed by atoms with E-state index in [1.54, 1.807) is 6.92 Å². The predicted molar refractivity (Wildman–Crippen MR) is 164 cm³/mol. The molecule has 0 aromatic carbocycles. The molecule has 0 saturated carbocycles. The molecular formula is C31H61O10P. The molecule has 0 amide bonds. The van der Waals surface area contributed by atoms with Gasteiger partial charge in [0.25, 0.3) is 0 Å². The molecule has 3 atom stereocenters. The fourth-order valence-corrected chi connectivity index (χ4v) is 5.23. The van der Waals surface area contributed by atoms with Gasteiger partial charge in [0.1, 0.15) is 12.7 Å². The molecule has 0 rings (SSSR count). The van der Waals surface area contributed by atoms with E-state index in [0.717, 1.165) is 19.3 Å². The summed E-state index contributed by atoms with van der Waals surface area (Å²) in [5, 5.41) is 18.0. The first-order valence-electron chi connectivity index (χ1n) is 16.5. The molecular weight excluding hydrogens is 563 g/mol. The highest BCUT2D eigenvalue weighted by atomic mass is 31.2. The number of rotatable bonds is 31. The Kier molecular flexibility index (Phi) is 28.0. The molecule has 42 heavy (non-hydrogen) atoms. The van der Waals surface area contributed by atoms with Gasteiger partial charge in [0, 0.05) is 12.8 Å². The van der Waals surface area contributed by atoms with Crippen molar-refractivity contribution >= 4 is 19.8 Å². The van der Waals surface area contributed by atoms with Crippen LogP contribution in [0.5, 0.6) is 0 Å². The van der Waals surface area contributed by atoms with Crippen molar-refractivity contribution in [2.24, 2.45) is 0 Å². The largest absolute Gasteiger partial charge is 0.472 e. The fraction of sp³-hybridized carbons (Fsp3) is 0.935. The van der Waals surface area contributed by atoms with Crippen LogP contribution in [0, 0.1) is 0 Å². The number of unbranched alkanes of at least 4 members (excludes halogenated alkanes) is 18. The third kappa shape index (κ3) is 27.8. The number of phosphoric acid groups is 1. The molecule has 3 unspecified atom stereocenters. The first-order valence-corrected chi connectivity index (χ1v) is 18.0. The molecule has 0 radical (unpaired) electrons. The maximum Gasteiger partial charge on any atom is 0.472 e. The first kappa shape index (κ1) is 41.0. The van der Waals surface area contributed by atoms with Gasteiger partial charge in [0.15, 0.2) is 6.10 Å². The molecule has 0 fully saturated rings. The Bertz CT molecular complexity index is 691. The maximum absolute atomic E-state index is 12.3. The lowest BCUT2D eigenvalue weighted by atomic mass is 10.0. The van der Waals surface area contributed by atoms with Crippen LogP contribution in [-0.4, -0.2) is 65.7 Å². The van der Waals surface area contributed by atoms with Crippen molar-refractivity contribution in [2.75, 3.05) is 26.4 Å². The van der Waals surface area contributed by atoms with Crippen molar-refractivity contribution in [1.82, 2.24) is 0 Å². The molecule has 11 heteroatoms. The van der Waals surface area contributed by atoms with Crippen LogP contribution in [0.3, 0.4) is 0 Å². The van der Waals surface area contributed by atoms with Gasteiger partial charge in [0.05, 0.1) is 19.8 Å². The van der Waals surface area contributed by atoms with Crippen molar-refractivity contribution in [3.8, 4) is 0 Å². The monoisotopic (exact) mass is 624 g/mol. The minimum Gasteiger partial charge on any atom is -0.462 e. The third-order valence-electron chi connectivity index (χ3n) is 7.07. The summed E-state index contributed by atoms with van der Waals surface area (Å²) >= 11 is 0. The van der Waals surface area contributed by atoms with Crippen LogP contribution in [0.1, 0.15) is 149 Å². The summed E-state index contributed by atoms with van der Waals surface area (Å²) in [7, 11) is -4.57. The van der Waals surface area contributed by atoms with E-state index in [4.69, 9.17) is 19.1 Å². The molecule has 0 aliphatic carbocycles. The van der Waals surface area contributed by atoms with E-state index >= 15 is 0 Å². The molecule has 0 saturated heterocycles. The Balaban J connectivity index is 3.88. The van der Waals surface area contributed by atoms with Gasteiger partial charge >= 0.3 is 19.8 Å². The zero-order valence-electron chi connectivity index (χ0n) is 26.5. The van der Waals surface area contributed by atoms with Gasteiger partial charge in [-0.25, -0.2) is 4.57 Å². The summed E-state index contributed by atoms with van der Waals surface area (Å²) in [4.78, 5) is 33.5. The van der Waals surface area contributed by atoms with E-state index < -0.39 is 51.8 Å². The van der Waals surface area contributed by atoms with Gasteiger partial charge in [-0.05, 0) is 6.42 Å². The van der Waals surface area contributed by atoms with Gasteiger partial charge in [0.2, 0.25) is 0 Å². The highest BCUT2D eigenvalue weighted by Gasteiger charge is 2.27. The van der Waals surface area contributed by atoms with Crippen LogP contribution in [0.15, 0.2) is 0 Å². The molecule has 0 spiro atoms. The Morgan fingerprint density at radius 3 is 1.50 bits per heavy atom. The normalized spacial score (nSPS) is 14.3. The number of phosphoric ester groups is 1. The third-order valence-corrected chi connectivity index (χ3v) is 8.02.